The number of para-hydroxylation sites is 1. The van der Waals surface area contributed by atoms with Crippen LogP contribution in [-0.2, 0) is 4.79 Å². The first kappa shape index (κ1) is 20.5. The molecule has 134 valence electrons. The van der Waals surface area contributed by atoms with Crippen molar-refractivity contribution >= 4 is 5.97 Å². The molecule has 0 aliphatic carbocycles. The third-order valence-corrected chi connectivity index (χ3v) is 3.18. The van der Waals surface area contributed by atoms with E-state index in [4.69, 9.17) is 25.1 Å². The molecule has 1 N–H and O–H groups in total. The molecular weight excluding hydrogens is 332 g/mol. The van der Waals surface area contributed by atoms with Gasteiger partial charge in [-0.05, 0) is 57.2 Å². The molecule has 2 rings (SSSR count). The molecule has 0 aliphatic rings. The highest BCUT2D eigenvalue weighted by Crippen LogP contribution is 2.19. The van der Waals surface area contributed by atoms with Crippen LogP contribution in [0.25, 0.3) is 0 Å². The van der Waals surface area contributed by atoms with Crippen LogP contribution >= 0.6 is 0 Å². The topological polar surface area (TPSA) is 103 Å². The van der Waals surface area contributed by atoms with Crippen LogP contribution < -0.4 is 9.47 Å². The van der Waals surface area contributed by atoms with E-state index in [1.165, 1.54) is 13.8 Å². The van der Waals surface area contributed by atoms with Crippen molar-refractivity contribution in [3.05, 3.63) is 59.7 Å². The second-order valence-corrected chi connectivity index (χ2v) is 5.59. The highest BCUT2D eigenvalue weighted by atomic mass is 16.5. The molecule has 0 aliphatic heterocycles. The molecule has 0 heterocycles. The Morgan fingerprint density at radius 1 is 1.08 bits per heavy atom. The van der Waals surface area contributed by atoms with E-state index in [1.807, 2.05) is 25.1 Å². The fourth-order valence-corrected chi connectivity index (χ4v) is 1.78. The number of ether oxygens (including phenoxy) is 2. The number of carbonyl (C=O) groups is 1. The summed E-state index contributed by atoms with van der Waals surface area (Å²) in [6, 6.07) is 17.5. The summed E-state index contributed by atoms with van der Waals surface area (Å²) in [6.07, 6.45) is 0. The van der Waals surface area contributed by atoms with E-state index >= 15 is 0 Å². The summed E-state index contributed by atoms with van der Waals surface area (Å²) in [6.45, 7) is 5.42. The normalized spacial score (nSPS) is 9.73. The Kier molecular flexibility index (Phi) is 7.67. The average Bonchev–Trinajstić information content (AvgIpc) is 2.63. The predicted octanol–water partition coefficient (Wildman–Crippen LogP) is 3.76. The van der Waals surface area contributed by atoms with E-state index in [9.17, 15) is 4.79 Å². The Labute approximate surface area is 152 Å². The van der Waals surface area contributed by atoms with Crippen molar-refractivity contribution in [1.82, 2.24) is 0 Å². The van der Waals surface area contributed by atoms with Gasteiger partial charge in [0.25, 0.3) is 0 Å². The summed E-state index contributed by atoms with van der Waals surface area (Å²) >= 11 is 0. The standard InChI is InChI=1S/C11H11NO3.C9H9NO/c1-11(2,10(13)14)15-9-5-3-8(7-12)4-6-9;1-2-11-9-6-4-3-5-8(9)7-10/h3-6H,1-2H3,(H,13,14);3-6H,2H2,1H3. The van der Waals surface area contributed by atoms with Gasteiger partial charge in [-0.3, -0.25) is 0 Å². The van der Waals surface area contributed by atoms with E-state index in [-0.39, 0.29) is 0 Å². The first-order chi connectivity index (χ1) is 12.3. The molecule has 2 aromatic rings. The van der Waals surface area contributed by atoms with Crippen LogP contribution in [0.1, 0.15) is 31.9 Å². The summed E-state index contributed by atoms with van der Waals surface area (Å²) in [5.74, 6) is 0.0609. The first-order valence-corrected chi connectivity index (χ1v) is 7.88. The van der Waals surface area contributed by atoms with Gasteiger partial charge in [0.1, 0.15) is 17.6 Å². The van der Waals surface area contributed by atoms with Gasteiger partial charge in [-0.1, -0.05) is 12.1 Å². The second kappa shape index (κ2) is 9.71. The zero-order valence-corrected chi connectivity index (χ0v) is 14.9. The van der Waals surface area contributed by atoms with Crippen LogP contribution in [0, 0.1) is 22.7 Å². The Hall–Kier alpha value is -3.51. The molecule has 2 aromatic carbocycles. The maximum absolute atomic E-state index is 10.8. The highest BCUT2D eigenvalue weighted by molar-refractivity contribution is 5.76. The number of rotatable bonds is 5. The number of hydrogen-bond donors (Lipinski definition) is 1. The smallest absolute Gasteiger partial charge is 0.347 e. The molecule has 0 unspecified atom stereocenters. The number of nitrogens with zero attached hydrogens (tertiary/aromatic N) is 2. The third-order valence-electron chi connectivity index (χ3n) is 3.18. The van der Waals surface area contributed by atoms with Crippen LogP contribution in [0.4, 0.5) is 0 Å². The van der Waals surface area contributed by atoms with Gasteiger partial charge in [0.05, 0.1) is 23.8 Å². The van der Waals surface area contributed by atoms with Crippen LogP contribution in [0.15, 0.2) is 48.5 Å². The fraction of sp³-hybridized carbons (Fsp3) is 0.250. The Morgan fingerprint density at radius 3 is 2.19 bits per heavy atom. The highest BCUT2D eigenvalue weighted by Gasteiger charge is 2.29. The molecule has 0 saturated carbocycles. The van der Waals surface area contributed by atoms with E-state index in [2.05, 4.69) is 6.07 Å². The van der Waals surface area contributed by atoms with Crippen molar-refractivity contribution < 1.29 is 19.4 Å². The molecule has 0 amide bonds. The molecule has 0 atom stereocenters. The summed E-state index contributed by atoms with van der Waals surface area (Å²) in [5, 5.41) is 26.0. The molecule has 6 heteroatoms. The lowest BCUT2D eigenvalue weighted by Crippen LogP contribution is -2.37. The quantitative estimate of drug-likeness (QED) is 0.879. The fourth-order valence-electron chi connectivity index (χ4n) is 1.78. The van der Waals surface area contributed by atoms with Gasteiger partial charge in [0.2, 0.25) is 0 Å². The van der Waals surface area contributed by atoms with Crippen LogP contribution in [-0.4, -0.2) is 23.3 Å². The summed E-state index contributed by atoms with van der Waals surface area (Å²) in [7, 11) is 0. The Balaban J connectivity index is 0.000000273. The van der Waals surface area contributed by atoms with Gasteiger partial charge >= 0.3 is 5.97 Å². The van der Waals surface area contributed by atoms with Crippen molar-refractivity contribution in [2.75, 3.05) is 6.61 Å². The molecule has 0 radical (unpaired) electrons. The van der Waals surface area contributed by atoms with Crippen molar-refractivity contribution in [2.45, 2.75) is 26.4 Å². The number of aliphatic carboxylic acids is 1. The maximum atomic E-state index is 10.8. The van der Waals surface area contributed by atoms with Gasteiger partial charge in [0.15, 0.2) is 5.60 Å². The summed E-state index contributed by atoms with van der Waals surface area (Å²) in [5.41, 5.74) is -0.168. The number of carboxylic acids is 1. The van der Waals surface area contributed by atoms with Gasteiger partial charge in [-0.2, -0.15) is 10.5 Å². The summed E-state index contributed by atoms with van der Waals surface area (Å²) in [4.78, 5) is 10.8. The third kappa shape index (κ3) is 6.18. The summed E-state index contributed by atoms with van der Waals surface area (Å²) < 4.78 is 10.5. The van der Waals surface area contributed by atoms with Gasteiger partial charge in [0, 0.05) is 0 Å². The van der Waals surface area contributed by atoms with E-state index in [1.54, 1.807) is 36.4 Å². The van der Waals surface area contributed by atoms with Crippen LogP contribution in [0.2, 0.25) is 0 Å². The van der Waals surface area contributed by atoms with E-state index in [0.717, 1.165) is 0 Å². The number of carboxylic acid groups (broad SMARTS) is 1. The molecule has 0 bridgehead atoms. The predicted molar refractivity (Wildman–Crippen MR) is 95.8 cm³/mol. The number of benzene rings is 2. The van der Waals surface area contributed by atoms with Crippen molar-refractivity contribution in [3.63, 3.8) is 0 Å². The lowest BCUT2D eigenvalue weighted by Gasteiger charge is -2.21. The molecule has 0 fully saturated rings. The van der Waals surface area contributed by atoms with Gasteiger partial charge in [-0.15, -0.1) is 0 Å². The van der Waals surface area contributed by atoms with E-state index < -0.39 is 11.6 Å². The first-order valence-electron chi connectivity index (χ1n) is 7.88. The average molecular weight is 352 g/mol. The molecule has 0 spiro atoms. The van der Waals surface area contributed by atoms with Crippen LogP contribution in [0.5, 0.6) is 11.5 Å². The second-order valence-electron chi connectivity index (χ2n) is 5.59. The van der Waals surface area contributed by atoms with Crippen LogP contribution in [0.3, 0.4) is 0 Å². The van der Waals surface area contributed by atoms with Gasteiger partial charge in [-0.25, -0.2) is 4.79 Å². The lowest BCUT2D eigenvalue weighted by molar-refractivity contribution is -0.152. The molecule has 6 nitrogen and oxygen atoms in total. The SMILES string of the molecule is CC(C)(Oc1ccc(C#N)cc1)C(=O)O.CCOc1ccccc1C#N. The zero-order valence-electron chi connectivity index (χ0n) is 14.9. The molecule has 26 heavy (non-hydrogen) atoms. The molecule has 0 saturated heterocycles. The monoisotopic (exact) mass is 352 g/mol. The maximum Gasteiger partial charge on any atom is 0.347 e. The van der Waals surface area contributed by atoms with E-state index in [0.29, 0.717) is 29.2 Å². The minimum atomic E-state index is -1.27. The molecule has 0 aromatic heterocycles. The minimum absolute atomic E-state index is 0.432. The van der Waals surface area contributed by atoms with Gasteiger partial charge < -0.3 is 14.6 Å². The zero-order chi connectivity index (χ0) is 19.6. The Bertz CT molecular complexity index is 815. The number of nitriles is 2. The number of hydrogen-bond acceptors (Lipinski definition) is 5. The van der Waals surface area contributed by atoms with Crippen molar-refractivity contribution in [2.24, 2.45) is 0 Å². The largest absolute Gasteiger partial charge is 0.492 e. The lowest BCUT2D eigenvalue weighted by atomic mass is 10.1. The van der Waals surface area contributed by atoms with Crippen molar-refractivity contribution in [1.29, 1.82) is 10.5 Å². The van der Waals surface area contributed by atoms with Crippen molar-refractivity contribution in [3.8, 4) is 23.6 Å². The molecular formula is C20H20N2O4. The Morgan fingerprint density at radius 2 is 1.69 bits per heavy atom. The minimum Gasteiger partial charge on any atom is -0.492 e.